The van der Waals surface area contributed by atoms with Crippen LogP contribution in [-0.4, -0.2) is 57.1 Å². The van der Waals surface area contributed by atoms with Gasteiger partial charge in [0, 0.05) is 32.0 Å². The maximum absolute atomic E-state index is 5.80. The smallest absolute Gasteiger partial charge is 0.232 e. The maximum Gasteiger partial charge on any atom is 0.232 e. The highest BCUT2D eigenvalue weighted by Crippen LogP contribution is 2.13. The first-order valence-electron chi connectivity index (χ1n) is 8.95. The number of aryl methyl sites for hydroxylation is 2. The lowest BCUT2D eigenvalue weighted by molar-refractivity contribution is 0.0447. The second kappa shape index (κ2) is 8.92. The van der Waals surface area contributed by atoms with Crippen molar-refractivity contribution in [3.63, 3.8) is 0 Å². The summed E-state index contributed by atoms with van der Waals surface area (Å²) in [7, 11) is 1.99. The van der Waals surface area contributed by atoms with Gasteiger partial charge >= 0.3 is 0 Å². The molecule has 25 heavy (non-hydrogen) atoms. The van der Waals surface area contributed by atoms with E-state index < -0.39 is 0 Å². The molecule has 0 fully saturated rings. The van der Waals surface area contributed by atoms with Gasteiger partial charge in [-0.25, -0.2) is 4.98 Å². The fourth-order valence-corrected chi connectivity index (χ4v) is 2.98. The van der Waals surface area contributed by atoms with Crippen molar-refractivity contribution in [2.45, 2.75) is 38.8 Å². The van der Waals surface area contributed by atoms with E-state index in [1.165, 1.54) is 5.69 Å². The summed E-state index contributed by atoms with van der Waals surface area (Å²) in [6.45, 7) is 5.86. The molecule has 0 saturated carbocycles. The predicted octanol–water partition coefficient (Wildman–Crippen LogP) is 1.83. The second-order valence-corrected chi connectivity index (χ2v) is 6.49. The molecule has 0 aromatic carbocycles. The summed E-state index contributed by atoms with van der Waals surface area (Å²) in [5.74, 6) is 0.587. The van der Waals surface area contributed by atoms with Gasteiger partial charge < -0.3 is 9.47 Å². The molecule has 1 aliphatic heterocycles. The molecule has 1 atom stereocenters. The van der Waals surface area contributed by atoms with Gasteiger partial charge in [-0.2, -0.15) is 5.10 Å². The quantitative estimate of drug-likeness (QED) is 0.827. The molecule has 136 valence electrons. The molecule has 0 unspecified atom stereocenters. The number of rotatable bonds is 2. The Balaban J connectivity index is 1.64. The van der Waals surface area contributed by atoms with Crippen molar-refractivity contribution < 1.29 is 9.47 Å². The lowest BCUT2D eigenvalue weighted by Gasteiger charge is -2.29. The van der Waals surface area contributed by atoms with Gasteiger partial charge in [-0.05, 0) is 38.8 Å². The van der Waals surface area contributed by atoms with Crippen molar-refractivity contribution >= 4 is 0 Å². The largest absolute Gasteiger partial charge is 0.474 e. The van der Waals surface area contributed by atoms with Crippen LogP contribution in [0.25, 0.3) is 0 Å². The second-order valence-electron chi connectivity index (χ2n) is 6.49. The van der Waals surface area contributed by atoms with Gasteiger partial charge in [0.15, 0.2) is 0 Å². The topological polar surface area (TPSA) is 65.3 Å². The molecule has 0 amide bonds. The van der Waals surface area contributed by atoms with Gasteiger partial charge in [-0.1, -0.05) is 0 Å². The van der Waals surface area contributed by atoms with Crippen molar-refractivity contribution in [1.82, 2.24) is 24.6 Å². The van der Waals surface area contributed by atoms with Crippen LogP contribution in [0.2, 0.25) is 0 Å². The van der Waals surface area contributed by atoms with Crippen LogP contribution in [0.1, 0.15) is 31.2 Å². The first-order chi connectivity index (χ1) is 12.2. The van der Waals surface area contributed by atoms with Gasteiger partial charge in [0.1, 0.15) is 6.61 Å². The van der Waals surface area contributed by atoms with Crippen LogP contribution in [0.3, 0.4) is 0 Å². The number of fused-ring (bicyclic) bond motifs is 2. The van der Waals surface area contributed by atoms with Crippen LogP contribution < -0.4 is 4.74 Å². The minimum absolute atomic E-state index is 0.343. The van der Waals surface area contributed by atoms with Gasteiger partial charge in [-0.15, -0.1) is 0 Å². The highest BCUT2D eigenvalue weighted by Gasteiger charge is 2.16. The molecule has 3 rings (SSSR count). The van der Waals surface area contributed by atoms with Crippen LogP contribution in [0, 0.1) is 0 Å². The summed E-state index contributed by atoms with van der Waals surface area (Å²) < 4.78 is 13.4. The predicted molar refractivity (Wildman–Crippen MR) is 94.4 cm³/mol. The standard InChI is InChI=1S/C18H27N5O2/c1-15-14-24-9-10-25-18-12-19-11-16(21-18)5-3-4-8-23(15)13-17-6-7-20-22(17)2/h6-7,11-12,15H,3-5,8-10,13-14H2,1-2H3/t15-/m0/s1. The Labute approximate surface area is 149 Å². The molecule has 7 heteroatoms. The lowest BCUT2D eigenvalue weighted by Crippen LogP contribution is -2.37. The summed E-state index contributed by atoms with van der Waals surface area (Å²) in [6.07, 6.45) is 8.44. The van der Waals surface area contributed by atoms with E-state index in [1.807, 2.05) is 24.1 Å². The zero-order valence-corrected chi connectivity index (χ0v) is 15.1. The van der Waals surface area contributed by atoms with Crippen molar-refractivity contribution in [2.75, 3.05) is 26.4 Å². The molecule has 0 spiro atoms. The minimum atomic E-state index is 0.343. The van der Waals surface area contributed by atoms with E-state index in [-0.39, 0.29) is 0 Å². The highest BCUT2D eigenvalue weighted by molar-refractivity contribution is 5.08. The molecule has 3 heterocycles. The molecule has 0 radical (unpaired) electrons. The third kappa shape index (κ3) is 5.24. The molecular formula is C18H27N5O2. The van der Waals surface area contributed by atoms with E-state index in [0.717, 1.165) is 38.0 Å². The highest BCUT2D eigenvalue weighted by atomic mass is 16.5. The fourth-order valence-electron chi connectivity index (χ4n) is 2.98. The first kappa shape index (κ1) is 17.8. The van der Waals surface area contributed by atoms with Crippen molar-refractivity contribution in [1.29, 1.82) is 0 Å². The van der Waals surface area contributed by atoms with Gasteiger partial charge in [0.25, 0.3) is 0 Å². The number of hydrogen-bond donors (Lipinski definition) is 0. The SMILES string of the molecule is C[C@H]1COCCOc2cncc(n2)CCCCN1Cc1ccnn1C. The van der Waals surface area contributed by atoms with Crippen LogP contribution in [-0.2, 0) is 24.8 Å². The summed E-state index contributed by atoms with van der Waals surface area (Å²) in [5.41, 5.74) is 2.21. The Morgan fingerprint density at radius 1 is 1.24 bits per heavy atom. The van der Waals surface area contributed by atoms with Crippen molar-refractivity contribution in [3.8, 4) is 5.88 Å². The zero-order chi connectivity index (χ0) is 17.5. The molecule has 2 bridgehead atoms. The van der Waals surface area contributed by atoms with E-state index in [1.54, 1.807) is 6.20 Å². The third-order valence-corrected chi connectivity index (χ3v) is 4.54. The van der Waals surface area contributed by atoms with Crippen LogP contribution in [0.15, 0.2) is 24.7 Å². The third-order valence-electron chi connectivity index (χ3n) is 4.54. The molecule has 1 aliphatic rings. The van der Waals surface area contributed by atoms with E-state index in [4.69, 9.17) is 9.47 Å². The molecule has 0 aliphatic carbocycles. The number of ether oxygens (including phenoxy) is 2. The summed E-state index contributed by atoms with van der Waals surface area (Å²) in [6, 6.07) is 2.42. The monoisotopic (exact) mass is 345 g/mol. The fraction of sp³-hybridized carbons (Fsp3) is 0.611. The van der Waals surface area contributed by atoms with Crippen LogP contribution in [0.4, 0.5) is 0 Å². The van der Waals surface area contributed by atoms with Crippen LogP contribution in [0.5, 0.6) is 5.88 Å². The average Bonchev–Trinajstić information content (AvgIpc) is 3.01. The Morgan fingerprint density at radius 3 is 3.00 bits per heavy atom. The van der Waals surface area contributed by atoms with Gasteiger partial charge in [0.05, 0.1) is 30.8 Å². The van der Waals surface area contributed by atoms with E-state index >= 15 is 0 Å². The molecule has 2 aromatic heterocycles. The van der Waals surface area contributed by atoms with Gasteiger partial charge in [-0.3, -0.25) is 14.6 Å². The summed E-state index contributed by atoms with van der Waals surface area (Å²) in [4.78, 5) is 11.2. The molecule has 0 saturated heterocycles. The first-order valence-corrected chi connectivity index (χ1v) is 8.95. The van der Waals surface area contributed by atoms with E-state index in [0.29, 0.717) is 31.7 Å². The number of aromatic nitrogens is 4. The zero-order valence-electron chi connectivity index (χ0n) is 15.1. The van der Waals surface area contributed by atoms with Crippen LogP contribution >= 0.6 is 0 Å². The minimum Gasteiger partial charge on any atom is -0.474 e. The molecule has 0 N–H and O–H groups in total. The van der Waals surface area contributed by atoms with Gasteiger partial charge in [0.2, 0.25) is 5.88 Å². The number of hydrogen-bond acceptors (Lipinski definition) is 6. The average molecular weight is 345 g/mol. The van der Waals surface area contributed by atoms with Crippen molar-refractivity contribution in [2.24, 2.45) is 7.05 Å². The lowest BCUT2D eigenvalue weighted by atomic mass is 10.1. The van der Waals surface area contributed by atoms with E-state index in [9.17, 15) is 0 Å². The summed E-state index contributed by atoms with van der Waals surface area (Å²) >= 11 is 0. The number of nitrogens with zero attached hydrogens (tertiary/aromatic N) is 5. The maximum atomic E-state index is 5.80. The Morgan fingerprint density at radius 2 is 2.16 bits per heavy atom. The summed E-state index contributed by atoms with van der Waals surface area (Å²) in [5, 5.41) is 4.27. The molecule has 7 nitrogen and oxygen atoms in total. The molecule has 2 aromatic rings. The Hall–Kier alpha value is -1.99. The normalized spacial score (nSPS) is 20.6. The molecular weight excluding hydrogens is 318 g/mol. The Kier molecular flexibility index (Phi) is 6.36. The Bertz CT molecular complexity index is 660. The van der Waals surface area contributed by atoms with E-state index in [2.05, 4.69) is 33.0 Å². The van der Waals surface area contributed by atoms with Crippen molar-refractivity contribution in [3.05, 3.63) is 36.0 Å².